The molecule has 194 valence electrons. The summed E-state index contributed by atoms with van der Waals surface area (Å²) < 4.78 is 0. The molecule has 2 atom stereocenters. The number of hydrogen-bond donors (Lipinski definition) is 0. The fourth-order valence-corrected chi connectivity index (χ4v) is 22.3. The van der Waals surface area contributed by atoms with Gasteiger partial charge in [0.2, 0.25) is 0 Å². The maximum atomic E-state index is 4.56. The standard InChI is InChI=1S/2C12H24GeN.C4H10Ge/c2*1-4-12-10-13(5-2,6-3)8-7-9-14-11-12;1-3-5-4-2/h2*7-8,12H,4-6,9-11H2,1-3H3;3-4H2,1-2H3/q2*-1;/b2*8-7-;. The Balaban J connectivity index is 0.000000517. The summed E-state index contributed by atoms with van der Waals surface area (Å²) in [6.45, 7) is 23.0. The van der Waals surface area contributed by atoms with Gasteiger partial charge in [-0.3, -0.25) is 0 Å². The Morgan fingerprint density at radius 2 is 1.00 bits per heavy atom. The zero-order valence-electron chi connectivity index (χ0n) is 23.8. The average molecular weight is 641 g/mol. The molecule has 0 saturated heterocycles. The van der Waals surface area contributed by atoms with Gasteiger partial charge in [-0.2, -0.15) is 0 Å². The van der Waals surface area contributed by atoms with Gasteiger partial charge in [0.25, 0.3) is 0 Å². The molecule has 5 heteroatoms. The molecule has 2 radical (unpaired) electrons. The normalized spacial score (nSPS) is 26.1. The molecule has 2 rings (SSSR count). The molecule has 2 aliphatic heterocycles. The number of nitrogens with zero attached hydrogens (tertiary/aromatic N) is 2. The van der Waals surface area contributed by atoms with Crippen LogP contribution in [0.5, 0.6) is 0 Å². The van der Waals surface area contributed by atoms with Crippen molar-refractivity contribution in [2.45, 2.75) is 110 Å². The van der Waals surface area contributed by atoms with Crippen LogP contribution in [0.2, 0.25) is 42.0 Å². The zero-order chi connectivity index (χ0) is 25.0. The van der Waals surface area contributed by atoms with Crippen LogP contribution in [0.4, 0.5) is 0 Å². The van der Waals surface area contributed by atoms with E-state index in [1.165, 1.54) is 54.9 Å². The molecule has 2 unspecified atom stereocenters. The molecule has 0 aromatic rings. The van der Waals surface area contributed by atoms with E-state index in [1.807, 2.05) is 0 Å². The first-order chi connectivity index (χ1) is 15.9. The summed E-state index contributed by atoms with van der Waals surface area (Å²) in [5, 5.41) is 20.9. The summed E-state index contributed by atoms with van der Waals surface area (Å²) in [6.07, 6.45) is 7.34. The van der Waals surface area contributed by atoms with E-state index in [4.69, 9.17) is 0 Å². The summed E-state index contributed by atoms with van der Waals surface area (Å²) in [5.74, 6) is 1.78. The summed E-state index contributed by atoms with van der Waals surface area (Å²) in [6, 6.07) is 0. The second-order valence-electron chi connectivity index (χ2n) is 10.0. The van der Waals surface area contributed by atoms with E-state index in [9.17, 15) is 0 Å². The van der Waals surface area contributed by atoms with Gasteiger partial charge in [0.05, 0.1) is 0 Å². The van der Waals surface area contributed by atoms with Gasteiger partial charge in [-0.25, -0.2) is 0 Å². The Labute approximate surface area is 221 Å². The van der Waals surface area contributed by atoms with E-state index < -0.39 is 26.5 Å². The second-order valence-corrected chi connectivity index (χ2v) is 34.5. The molecule has 0 aromatic heterocycles. The van der Waals surface area contributed by atoms with E-state index in [-0.39, 0.29) is 0 Å². The van der Waals surface area contributed by atoms with E-state index in [0.717, 1.165) is 38.0 Å². The van der Waals surface area contributed by atoms with Crippen molar-refractivity contribution in [3.05, 3.63) is 32.6 Å². The van der Waals surface area contributed by atoms with E-state index in [0.29, 0.717) is 15.4 Å². The molecule has 0 N–H and O–H groups in total. The van der Waals surface area contributed by atoms with Gasteiger partial charge in [-0.05, 0) is 0 Å². The maximum absolute atomic E-state index is 4.56. The van der Waals surface area contributed by atoms with Gasteiger partial charge < -0.3 is 0 Å². The van der Waals surface area contributed by atoms with Gasteiger partial charge in [0, 0.05) is 0 Å². The molecule has 0 aromatic carbocycles. The van der Waals surface area contributed by atoms with Crippen LogP contribution in [0.1, 0.15) is 68.2 Å². The predicted octanol–water partition coefficient (Wildman–Crippen LogP) is 9.53. The van der Waals surface area contributed by atoms with Crippen LogP contribution >= 0.6 is 0 Å². The van der Waals surface area contributed by atoms with Crippen molar-refractivity contribution in [3.63, 3.8) is 0 Å². The van der Waals surface area contributed by atoms with E-state index in [2.05, 4.69) is 88.0 Å². The Morgan fingerprint density at radius 1 is 0.636 bits per heavy atom. The molecular formula is C28H58Ge3N2-2. The third-order valence-electron chi connectivity index (χ3n) is 8.05. The van der Waals surface area contributed by atoms with Gasteiger partial charge >= 0.3 is 223 Å². The molecule has 0 spiro atoms. The number of hydrogen-bond acceptors (Lipinski definition) is 0. The Morgan fingerprint density at radius 3 is 1.24 bits per heavy atom. The minimum absolute atomic E-state index is 0.528. The molecule has 33 heavy (non-hydrogen) atoms. The van der Waals surface area contributed by atoms with Gasteiger partial charge in [0.15, 0.2) is 0 Å². The quantitative estimate of drug-likeness (QED) is 0.237. The molecule has 2 aliphatic rings. The van der Waals surface area contributed by atoms with Crippen molar-refractivity contribution in [2.75, 3.05) is 26.2 Å². The third-order valence-corrected chi connectivity index (χ3v) is 31.8. The SMILES string of the molecule is CCC1C[N-]C/C=[CH]\[Ge]([CH2]C)([CH2]C)[CH2]1.CCC1C[N-]C/C=[CH]\[Ge]([CH2]C)([CH2]C)[CH2]1.C[CH2][Ge][CH2]C. The van der Waals surface area contributed by atoms with Crippen LogP contribution in [0.15, 0.2) is 22.0 Å². The average Bonchev–Trinajstić information content (AvgIpc) is 2.82. The molecule has 2 heterocycles. The van der Waals surface area contributed by atoms with Gasteiger partial charge in [0.1, 0.15) is 0 Å². The van der Waals surface area contributed by atoms with Crippen molar-refractivity contribution in [1.29, 1.82) is 0 Å². The number of rotatable bonds is 8. The predicted molar refractivity (Wildman–Crippen MR) is 162 cm³/mol. The van der Waals surface area contributed by atoms with Crippen LogP contribution in [0.3, 0.4) is 0 Å². The van der Waals surface area contributed by atoms with E-state index in [1.54, 1.807) is 0 Å². The summed E-state index contributed by atoms with van der Waals surface area (Å²) in [7, 11) is 0. The Hall–Kier alpha value is 1.03. The summed E-state index contributed by atoms with van der Waals surface area (Å²) in [5.41, 5.74) is 0. The van der Waals surface area contributed by atoms with Crippen LogP contribution in [-0.4, -0.2) is 68.1 Å². The van der Waals surface area contributed by atoms with E-state index >= 15 is 0 Å². The Kier molecular flexibility index (Phi) is 21.8. The van der Waals surface area contributed by atoms with Crippen LogP contribution < -0.4 is 0 Å². The van der Waals surface area contributed by atoms with Crippen molar-refractivity contribution in [2.24, 2.45) is 11.8 Å². The first-order valence-corrected chi connectivity index (χ1v) is 28.6. The molecule has 0 amide bonds. The second kappa shape index (κ2) is 21.1. The monoisotopic (exact) mass is 644 g/mol. The first kappa shape index (κ1) is 34.0. The molecule has 0 saturated carbocycles. The molecule has 2 nitrogen and oxygen atoms in total. The van der Waals surface area contributed by atoms with Crippen LogP contribution in [0.25, 0.3) is 10.6 Å². The molecular weight excluding hydrogens is 582 g/mol. The van der Waals surface area contributed by atoms with Crippen molar-refractivity contribution in [1.82, 2.24) is 0 Å². The summed E-state index contributed by atoms with van der Waals surface area (Å²) in [4.78, 5) is 5.23. The van der Waals surface area contributed by atoms with Crippen molar-refractivity contribution >= 4 is 42.0 Å². The van der Waals surface area contributed by atoms with Crippen LogP contribution in [-0.2, 0) is 0 Å². The minimum atomic E-state index is -1.57. The van der Waals surface area contributed by atoms with Crippen LogP contribution in [0, 0.1) is 11.8 Å². The fraction of sp³-hybridized carbons (Fsp3) is 0.857. The van der Waals surface area contributed by atoms with Gasteiger partial charge in [-0.1, -0.05) is 0 Å². The van der Waals surface area contributed by atoms with Gasteiger partial charge in [-0.15, -0.1) is 0 Å². The Bertz CT molecular complexity index is 455. The van der Waals surface area contributed by atoms with Crippen molar-refractivity contribution < 1.29 is 0 Å². The molecule has 0 aliphatic carbocycles. The molecule has 0 fully saturated rings. The molecule has 0 bridgehead atoms. The van der Waals surface area contributed by atoms with Crippen molar-refractivity contribution in [3.8, 4) is 0 Å². The fourth-order valence-electron chi connectivity index (χ4n) is 5.03. The third kappa shape index (κ3) is 14.4. The summed E-state index contributed by atoms with van der Waals surface area (Å²) >= 11 is -2.60. The zero-order valence-corrected chi connectivity index (χ0v) is 30.1. The first-order valence-electron chi connectivity index (χ1n) is 14.3. The topological polar surface area (TPSA) is 28.2 Å².